The van der Waals surface area contributed by atoms with Crippen molar-refractivity contribution in [3.8, 4) is 0 Å². The molecule has 0 aliphatic carbocycles. The van der Waals surface area contributed by atoms with Crippen molar-refractivity contribution in [3.63, 3.8) is 0 Å². The molecular weight excluding hydrogens is 276 g/mol. The van der Waals surface area contributed by atoms with E-state index in [1.54, 1.807) is 13.0 Å². The largest absolute Gasteiger partial charge is 0.481 e. The van der Waals surface area contributed by atoms with Crippen LogP contribution in [-0.2, 0) is 9.59 Å². The minimum absolute atomic E-state index is 0.134. The molecule has 1 aliphatic rings. The first-order valence-corrected chi connectivity index (χ1v) is 6.92. The number of carbonyl (C=O) groups is 2. The molecule has 1 amide bonds. The van der Waals surface area contributed by atoms with E-state index >= 15 is 0 Å². The summed E-state index contributed by atoms with van der Waals surface area (Å²) in [4.78, 5) is 26.5. The Bertz CT molecular complexity index is 494. The van der Waals surface area contributed by atoms with Crippen molar-refractivity contribution in [1.82, 2.24) is 15.0 Å². The molecular formula is C13H20N4O4. The molecule has 0 bridgehead atoms. The summed E-state index contributed by atoms with van der Waals surface area (Å²) < 4.78 is 4.93. The smallest absolute Gasteiger partial charge is 0.304 e. The number of aromatic nitrogens is 1. The second kappa shape index (κ2) is 7.19. The Kier molecular flexibility index (Phi) is 5.29. The minimum atomic E-state index is -0.779. The molecule has 0 aromatic carbocycles. The first kappa shape index (κ1) is 15.5. The maximum Gasteiger partial charge on any atom is 0.304 e. The highest BCUT2D eigenvalue weighted by molar-refractivity contribution is 5.90. The van der Waals surface area contributed by atoms with E-state index in [9.17, 15) is 9.59 Å². The summed E-state index contributed by atoms with van der Waals surface area (Å²) in [6, 6.07) is 1.67. The number of carboxylic acids is 1. The summed E-state index contributed by atoms with van der Waals surface area (Å²) in [6.45, 7) is 5.71. The summed E-state index contributed by atoms with van der Waals surface area (Å²) in [5, 5.41) is 15.0. The van der Waals surface area contributed by atoms with E-state index in [0.29, 0.717) is 19.0 Å². The zero-order chi connectivity index (χ0) is 15.2. The first-order valence-electron chi connectivity index (χ1n) is 6.92. The van der Waals surface area contributed by atoms with Gasteiger partial charge in [-0.15, -0.1) is 0 Å². The average molecular weight is 296 g/mol. The van der Waals surface area contributed by atoms with Gasteiger partial charge in [0, 0.05) is 38.8 Å². The molecule has 2 N–H and O–H groups in total. The van der Waals surface area contributed by atoms with Crippen LogP contribution in [-0.4, -0.2) is 71.2 Å². The van der Waals surface area contributed by atoms with Gasteiger partial charge < -0.3 is 14.5 Å². The van der Waals surface area contributed by atoms with Gasteiger partial charge in [-0.05, 0) is 6.92 Å². The maximum atomic E-state index is 11.9. The molecule has 2 rings (SSSR count). The van der Waals surface area contributed by atoms with Crippen LogP contribution in [0.15, 0.2) is 10.6 Å². The molecule has 0 unspecified atom stereocenters. The highest BCUT2D eigenvalue weighted by Gasteiger charge is 2.19. The van der Waals surface area contributed by atoms with Gasteiger partial charge in [-0.25, -0.2) is 0 Å². The van der Waals surface area contributed by atoms with Gasteiger partial charge in [-0.1, -0.05) is 5.16 Å². The number of aryl methyl sites for hydroxylation is 1. The van der Waals surface area contributed by atoms with Crippen LogP contribution in [0.25, 0.3) is 0 Å². The summed E-state index contributed by atoms with van der Waals surface area (Å²) >= 11 is 0. The normalized spacial score (nSPS) is 16.8. The summed E-state index contributed by atoms with van der Waals surface area (Å²) in [5.41, 5.74) is 0.720. The van der Waals surface area contributed by atoms with E-state index in [0.717, 1.165) is 31.9 Å². The second-order valence-corrected chi connectivity index (χ2v) is 5.14. The molecule has 8 heteroatoms. The van der Waals surface area contributed by atoms with Crippen LogP contribution in [0.2, 0.25) is 0 Å². The van der Waals surface area contributed by atoms with Gasteiger partial charge in [-0.3, -0.25) is 19.8 Å². The van der Waals surface area contributed by atoms with Gasteiger partial charge in [-0.2, -0.15) is 0 Å². The minimum Gasteiger partial charge on any atom is -0.481 e. The van der Waals surface area contributed by atoms with Gasteiger partial charge in [0.15, 0.2) is 0 Å². The number of nitrogens with zero attached hydrogens (tertiary/aromatic N) is 3. The summed E-state index contributed by atoms with van der Waals surface area (Å²) in [6.07, 6.45) is 0.158. The lowest BCUT2D eigenvalue weighted by Crippen LogP contribution is -2.48. The quantitative estimate of drug-likeness (QED) is 0.763. The van der Waals surface area contributed by atoms with E-state index < -0.39 is 5.97 Å². The molecule has 1 fully saturated rings. The summed E-state index contributed by atoms with van der Waals surface area (Å²) in [5.74, 6) is -0.554. The topological polar surface area (TPSA) is 98.9 Å². The fourth-order valence-electron chi connectivity index (χ4n) is 2.23. The van der Waals surface area contributed by atoms with Crippen molar-refractivity contribution >= 4 is 17.8 Å². The van der Waals surface area contributed by atoms with E-state index in [-0.39, 0.29) is 12.3 Å². The summed E-state index contributed by atoms with van der Waals surface area (Å²) in [7, 11) is 0. The van der Waals surface area contributed by atoms with Crippen LogP contribution in [0.3, 0.4) is 0 Å². The predicted molar refractivity (Wildman–Crippen MR) is 75.0 cm³/mol. The van der Waals surface area contributed by atoms with Crippen molar-refractivity contribution in [2.75, 3.05) is 44.6 Å². The van der Waals surface area contributed by atoms with Crippen LogP contribution in [0.5, 0.6) is 0 Å². The lowest BCUT2D eigenvalue weighted by Gasteiger charge is -2.33. The molecule has 8 nitrogen and oxygen atoms in total. The highest BCUT2D eigenvalue weighted by atomic mass is 16.5. The third-order valence-electron chi connectivity index (χ3n) is 3.36. The third kappa shape index (κ3) is 5.16. The fourth-order valence-corrected chi connectivity index (χ4v) is 2.23. The second-order valence-electron chi connectivity index (χ2n) is 5.14. The van der Waals surface area contributed by atoms with Crippen LogP contribution in [0.1, 0.15) is 12.1 Å². The van der Waals surface area contributed by atoms with Gasteiger partial charge in [0.05, 0.1) is 18.7 Å². The monoisotopic (exact) mass is 296 g/mol. The molecule has 21 heavy (non-hydrogen) atoms. The van der Waals surface area contributed by atoms with Crippen molar-refractivity contribution < 1.29 is 19.2 Å². The molecule has 0 spiro atoms. The van der Waals surface area contributed by atoms with E-state index in [1.807, 2.05) is 4.90 Å². The Balaban J connectivity index is 1.68. The van der Waals surface area contributed by atoms with Crippen LogP contribution in [0, 0.1) is 6.92 Å². The Labute approximate surface area is 122 Å². The number of piperazine rings is 1. The number of hydrogen-bond donors (Lipinski definition) is 2. The molecule has 1 aromatic heterocycles. The fraction of sp³-hybridized carbons (Fsp3) is 0.615. The lowest BCUT2D eigenvalue weighted by atomic mass is 10.3. The number of rotatable bonds is 6. The molecule has 1 saturated heterocycles. The van der Waals surface area contributed by atoms with E-state index in [1.165, 1.54) is 0 Å². The number of carboxylic acid groups (broad SMARTS) is 1. The van der Waals surface area contributed by atoms with Gasteiger partial charge in [0.25, 0.3) is 0 Å². The average Bonchev–Trinajstić information content (AvgIpc) is 2.83. The Morgan fingerprint density at radius 2 is 2.00 bits per heavy atom. The number of amides is 1. The Morgan fingerprint density at radius 1 is 1.33 bits per heavy atom. The SMILES string of the molecule is Cc1cc(NC(=O)CN2CCN(CCC(=O)O)CC2)on1. The van der Waals surface area contributed by atoms with Crippen molar-refractivity contribution in [3.05, 3.63) is 11.8 Å². The van der Waals surface area contributed by atoms with Gasteiger partial charge >= 0.3 is 5.97 Å². The van der Waals surface area contributed by atoms with Crippen molar-refractivity contribution in [2.45, 2.75) is 13.3 Å². The zero-order valence-corrected chi connectivity index (χ0v) is 12.0. The van der Waals surface area contributed by atoms with E-state index in [2.05, 4.69) is 15.4 Å². The van der Waals surface area contributed by atoms with Crippen molar-refractivity contribution in [1.29, 1.82) is 0 Å². The van der Waals surface area contributed by atoms with Crippen molar-refractivity contribution in [2.24, 2.45) is 0 Å². The van der Waals surface area contributed by atoms with Gasteiger partial charge in [0.2, 0.25) is 11.8 Å². The Morgan fingerprint density at radius 3 is 2.57 bits per heavy atom. The van der Waals surface area contributed by atoms with Crippen LogP contribution in [0.4, 0.5) is 5.88 Å². The van der Waals surface area contributed by atoms with Gasteiger partial charge in [0.1, 0.15) is 0 Å². The number of hydrogen-bond acceptors (Lipinski definition) is 6. The Hall–Kier alpha value is -1.93. The zero-order valence-electron chi connectivity index (χ0n) is 12.0. The molecule has 0 atom stereocenters. The van der Waals surface area contributed by atoms with E-state index in [4.69, 9.17) is 9.63 Å². The molecule has 1 aromatic rings. The lowest BCUT2D eigenvalue weighted by molar-refractivity contribution is -0.137. The molecule has 0 saturated carbocycles. The standard InChI is InChI=1S/C13H20N4O4/c1-10-8-12(21-15-10)14-11(18)9-17-6-4-16(5-7-17)3-2-13(19)20/h8H,2-7,9H2,1H3,(H,14,18)(H,19,20). The predicted octanol–water partition coefficient (Wildman–Crippen LogP) is 0.0138. The highest BCUT2D eigenvalue weighted by Crippen LogP contribution is 2.08. The van der Waals surface area contributed by atoms with Crippen LogP contribution < -0.4 is 5.32 Å². The maximum absolute atomic E-state index is 11.9. The number of aliphatic carboxylic acids is 1. The molecule has 1 aliphatic heterocycles. The number of nitrogens with one attached hydrogen (secondary N) is 1. The number of anilines is 1. The molecule has 0 radical (unpaired) electrons. The number of carbonyl (C=O) groups excluding carboxylic acids is 1. The molecule has 2 heterocycles. The van der Waals surface area contributed by atoms with Crippen LogP contribution >= 0.6 is 0 Å². The first-order chi connectivity index (χ1) is 10.0. The molecule has 116 valence electrons. The third-order valence-corrected chi connectivity index (χ3v) is 3.36.